The molecule has 47 heavy (non-hydrogen) atoms. The number of ether oxygens (including phenoxy) is 6. The lowest BCUT2D eigenvalue weighted by Gasteiger charge is -2.41. The Morgan fingerprint density at radius 2 is 1.19 bits per heavy atom. The third kappa shape index (κ3) is 9.23. The molecule has 0 saturated carbocycles. The van der Waals surface area contributed by atoms with Crippen molar-refractivity contribution in [3.63, 3.8) is 0 Å². The molecule has 0 aromatic heterocycles. The quantitative estimate of drug-likeness (QED) is 0.126. The van der Waals surface area contributed by atoms with Gasteiger partial charge in [0.15, 0.2) is 35.6 Å². The fourth-order valence-corrected chi connectivity index (χ4v) is 6.05. The van der Waals surface area contributed by atoms with Crippen molar-refractivity contribution in [2.24, 2.45) is 17.8 Å². The maximum absolute atomic E-state index is 10.6. The Hall–Kier alpha value is -2.76. The summed E-state index contributed by atoms with van der Waals surface area (Å²) in [5.41, 5.74) is 1.58. The van der Waals surface area contributed by atoms with E-state index in [1.807, 2.05) is 0 Å². The molecule has 11 unspecified atom stereocenters. The molecule has 2 fully saturated rings. The fourth-order valence-electron chi connectivity index (χ4n) is 6.05. The van der Waals surface area contributed by atoms with Crippen molar-refractivity contribution in [2.45, 2.75) is 75.4 Å². The Labute approximate surface area is 273 Å². The highest BCUT2D eigenvalue weighted by Crippen LogP contribution is 2.34. The van der Waals surface area contributed by atoms with E-state index in [9.17, 15) is 40.9 Å². The van der Waals surface area contributed by atoms with E-state index in [1.54, 1.807) is 31.2 Å². The predicted molar refractivity (Wildman–Crippen MR) is 165 cm³/mol. The molecule has 0 aliphatic carbocycles. The standard InChI is InChI=1S/C33H48O14/c1-17-30(40)31(41)29(14-35)47-32(17)44-15-20(8-18-4-6-22(36)26(10-18)42-2)21(9-19-5-7-23(37)27(11-19)43-3)16-45-33-25(39)12-24(38)28(13-34)46-33/h4-7,10-11,17,20-21,24-25,28-41H,8-9,12-16H2,1-3H3. The van der Waals surface area contributed by atoms with Crippen LogP contribution in [0, 0.1) is 17.8 Å². The van der Waals surface area contributed by atoms with Gasteiger partial charge in [0.25, 0.3) is 0 Å². The summed E-state index contributed by atoms with van der Waals surface area (Å²) in [6.07, 6.45) is -8.08. The molecule has 2 aromatic rings. The van der Waals surface area contributed by atoms with E-state index >= 15 is 0 Å². The highest BCUT2D eigenvalue weighted by Gasteiger charge is 2.43. The van der Waals surface area contributed by atoms with Crippen LogP contribution in [-0.4, -0.2) is 131 Å². The number of phenolic OH excluding ortho intramolecular Hbond substituents is 2. The maximum atomic E-state index is 10.6. The second kappa shape index (κ2) is 17.1. The maximum Gasteiger partial charge on any atom is 0.184 e. The highest BCUT2D eigenvalue weighted by atomic mass is 16.7. The molecular weight excluding hydrogens is 620 g/mol. The number of methoxy groups -OCH3 is 2. The lowest BCUT2D eigenvalue weighted by molar-refractivity contribution is -0.288. The number of hydrogen-bond donors (Lipinski definition) is 8. The molecule has 0 radical (unpaired) electrons. The molecule has 0 spiro atoms. The summed E-state index contributed by atoms with van der Waals surface area (Å²) in [5.74, 6) is -0.885. The Bertz CT molecular complexity index is 1260. The molecule has 8 N–H and O–H groups in total. The zero-order valence-corrected chi connectivity index (χ0v) is 26.8. The molecule has 264 valence electrons. The first-order valence-electron chi connectivity index (χ1n) is 15.7. The first-order chi connectivity index (χ1) is 22.5. The molecular formula is C33H48O14. The predicted octanol–water partition coefficient (Wildman–Crippen LogP) is 0.0700. The van der Waals surface area contributed by atoms with Gasteiger partial charge in [-0.15, -0.1) is 0 Å². The van der Waals surface area contributed by atoms with Gasteiger partial charge in [-0.3, -0.25) is 0 Å². The average molecular weight is 669 g/mol. The molecule has 2 aliphatic rings. The normalized spacial score (nSPS) is 30.9. The van der Waals surface area contributed by atoms with Gasteiger partial charge in [-0.25, -0.2) is 0 Å². The van der Waals surface area contributed by atoms with Gasteiger partial charge in [0.1, 0.15) is 24.4 Å². The first kappa shape index (κ1) is 37.1. The number of benzene rings is 2. The minimum Gasteiger partial charge on any atom is -0.504 e. The van der Waals surface area contributed by atoms with Crippen molar-refractivity contribution in [3.8, 4) is 23.0 Å². The third-order valence-electron chi connectivity index (χ3n) is 9.00. The van der Waals surface area contributed by atoms with Crippen LogP contribution in [0.5, 0.6) is 23.0 Å². The minimum atomic E-state index is -1.29. The summed E-state index contributed by atoms with van der Waals surface area (Å²) < 4.78 is 34.5. The van der Waals surface area contributed by atoms with Gasteiger partial charge in [0.2, 0.25) is 0 Å². The number of aliphatic hydroxyl groups excluding tert-OH is 6. The largest absolute Gasteiger partial charge is 0.504 e. The van der Waals surface area contributed by atoms with Crippen molar-refractivity contribution in [1.82, 2.24) is 0 Å². The number of phenols is 2. The molecule has 2 aliphatic heterocycles. The van der Waals surface area contributed by atoms with Gasteiger partial charge in [-0.1, -0.05) is 19.1 Å². The molecule has 14 nitrogen and oxygen atoms in total. The summed E-state index contributed by atoms with van der Waals surface area (Å²) in [7, 11) is 2.89. The lowest BCUT2D eigenvalue weighted by Crippen LogP contribution is -2.55. The zero-order chi connectivity index (χ0) is 34.2. The Kier molecular flexibility index (Phi) is 13.5. The Morgan fingerprint density at radius 3 is 1.68 bits per heavy atom. The van der Waals surface area contributed by atoms with Gasteiger partial charge in [-0.05, 0) is 60.1 Å². The second-order valence-electron chi connectivity index (χ2n) is 12.3. The topological polar surface area (TPSA) is 217 Å². The van der Waals surface area contributed by atoms with Gasteiger partial charge < -0.3 is 69.3 Å². The van der Waals surface area contributed by atoms with Crippen LogP contribution in [0.15, 0.2) is 36.4 Å². The van der Waals surface area contributed by atoms with Crippen LogP contribution in [0.25, 0.3) is 0 Å². The summed E-state index contributed by atoms with van der Waals surface area (Å²) in [6, 6.07) is 9.92. The van der Waals surface area contributed by atoms with Gasteiger partial charge in [-0.2, -0.15) is 0 Å². The highest BCUT2D eigenvalue weighted by molar-refractivity contribution is 5.43. The minimum absolute atomic E-state index is 0.0179. The molecule has 11 atom stereocenters. The Morgan fingerprint density at radius 1 is 0.702 bits per heavy atom. The van der Waals surface area contributed by atoms with Crippen LogP contribution in [0.4, 0.5) is 0 Å². The van der Waals surface area contributed by atoms with Gasteiger partial charge in [0, 0.05) is 12.3 Å². The van der Waals surface area contributed by atoms with Crippen molar-refractivity contribution < 1.29 is 69.3 Å². The van der Waals surface area contributed by atoms with E-state index in [0.717, 1.165) is 11.1 Å². The molecule has 2 saturated heterocycles. The Balaban J connectivity index is 1.65. The van der Waals surface area contributed by atoms with E-state index in [1.165, 1.54) is 26.4 Å². The van der Waals surface area contributed by atoms with E-state index < -0.39 is 68.3 Å². The number of aliphatic hydroxyl groups is 6. The third-order valence-corrected chi connectivity index (χ3v) is 9.00. The average Bonchev–Trinajstić information content (AvgIpc) is 3.06. The lowest BCUT2D eigenvalue weighted by atomic mass is 9.83. The van der Waals surface area contributed by atoms with Gasteiger partial charge >= 0.3 is 0 Å². The van der Waals surface area contributed by atoms with Crippen molar-refractivity contribution in [3.05, 3.63) is 47.5 Å². The summed E-state index contributed by atoms with van der Waals surface area (Å²) >= 11 is 0. The fraction of sp³-hybridized carbons (Fsp3) is 0.636. The van der Waals surface area contributed by atoms with E-state index in [4.69, 9.17) is 28.4 Å². The van der Waals surface area contributed by atoms with Crippen molar-refractivity contribution in [1.29, 1.82) is 0 Å². The summed E-state index contributed by atoms with van der Waals surface area (Å²) in [6.45, 7) is 0.758. The number of aromatic hydroxyl groups is 2. The summed E-state index contributed by atoms with van der Waals surface area (Å²) in [4.78, 5) is 0. The molecule has 0 bridgehead atoms. The monoisotopic (exact) mass is 668 g/mol. The van der Waals surface area contributed by atoms with Crippen LogP contribution >= 0.6 is 0 Å². The molecule has 0 amide bonds. The van der Waals surface area contributed by atoms with Crippen LogP contribution in [0.1, 0.15) is 24.5 Å². The van der Waals surface area contributed by atoms with Crippen molar-refractivity contribution in [2.75, 3.05) is 40.6 Å². The molecule has 4 rings (SSSR count). The zero-order valence-electron chi connectivity index (χ0n) is 26.8. The SMILES string of the molecule is COc1cc(CC(COC2OC(CO)C(O)CC2O)C(COC2OC(CO)C(O)C(O)C2C)Cc2ccc(O)c(OC)c2)ccc1O. The molecule has 14 heteroatoms. The van der Waals surface area contributed by atoms with Crippen molar-refractivity contribution >= 4 is 0 Å². The number of rotatable bonds is 15. The molecule has 2 heterocycles. The first-order valence-corrected chi connectivity index (χ1v) is 15.7. The van der Waals surface area contributed by atoms with Gasteiger partial charge in [0.05, 0.1) is 52.9 Å². The van der Waals surface area contributed by atoms with E-state index in [2.05, 4.69) is 0 Å². The second-order valence-corrected chi connectivity index (χ2v) is 12.3. The van der Waals surface area contributed by atoms with Crippen LogP contribution in [0.3, 0.4) is 0 Å². The van der Waals surface area contributed by atoms with Crippen LogP contribution in [-0.2, 0) is 31.8 Å². The number of hydrogen-bond acceptors (Lipinski definition) is 14. The van der Waals surface area contributed by atoms with Crippen LogP contribution in [0.2, 0.25) is 0 Å². The van der Waals surface area contributed by atoms with E-state index in [0.29, 0.717) is 12.8 Å². The summed E-state index contributed by atoms with van der Waals surface area (Å²) in [5, 5.41) is 81.5. The van der Waals surface area contributed by atoms with E-state index in [-0.39, 0.29) is 54.5 Å². The van der Waals surface area contributed by atoms with Crippen LogP contribution < -0.4 is 9.47 Å². The molecule has 2 aromatic carbocycles. The smallest absolute Gasteiger partial charge is 0.184 e.